The van der Waals surface area contributed by atoms with E-state index in [2.05, 4.69) is 5.32 Å². The normalized spacial score (nSPS) is 11.4. The predicted molar refractivity (Wildman–Crippen MR) is 86.5 cm³/mol. The van der Waals surface area contributed by atoms with Crippen molar-refractivity contribution in [3.05, 3.63) is 40.2 Å². The van der Waals surface area contributed by atoms with Crippen LogP contribution in [0.5, 0.6) is 0 Å². The number of carbonyl (C=O) groups is 2. The number of benzene rings is 1. The van der Waals surface area contributed by atoms with Crippen molar-refractivity contribution in [1.82, 2.24) is 0 Å². The average Bonchev–Trinajstić information content (AvgIpc) is 2.34. The Hall–Kier alpha value is -2.63. The summed E-state index contributed by atoms with van der Waals surface area (Å²) in [6.07, 6.45) is -0.0126. The number of nitrogens with one attached hydrogen (secondary N) is 1. The van der Waals surface area contributed by atoms with E-state index in [-0.39, 0.29) is 18.7 Å². The highest BCUT2D eigenvalue weighted by atomic mass is 16.4. The average molecular weight is 317 g/mol. The monoisotopic (exact) mass is 317 g/mol. The summed E-state index contributed by atoms with van der Waals surface area (Å²) in [5.41, 5.74) is 0.619. The van der Waals surface area contributed by atoms with Gasteiger partial charge in [0, 0.05) is 29.6 Å². The molecule has 0 unspecified atom stereocenters. The molecule has 0 radical (unpaired) electrons. The van der Waals surface area contributed by atoms with Gasteiger partial charge >= 0.3 is 11.6 Å². The Labute approximate surface area is 133 Å². The van der Waals surface area contributed by atoms with Crippen molar-refractivity contribution in [2.24, 2.45) is 5.41 Å². The molecule has 0 aliphatic carbocycles. The van der Waals surface area contributed by atoms with Crippen LogP contribution in [0.2, 0.25) is 0 Å². The summed E-state index contributed by atoms with van der Waals surface area (Å²) in [6, 6.07) is 6.49. The number of fused-ring (bicyclic) bond motifs is 1. The second kappa shape index (κ2) is 6.24. The van der Waals surface area contributed by atoms with Gasteiger partial charge in [-0.25, -0.2) is 4.79 Å². The van der Waals surface area contributed by atoms with Crippen molar-refractivity contribution in [3.8, 4) is 0 Å². The zero-order chi connectivity index (χ0) is 17.2. The van der Waals surface area contributed by atoms with E-state index in [1.807, 2.05) is 6.92 Å². The Bertz CT molecular complexity index is 819. The zero-order valence-corrected chi connectivity index (χ0v) is 13.3. The van der Waals surface area contributed by atoms with Gasteiger partial charge in [0.15, 0.2) is 0 Å². The van der Waals surface area contributed by atoms with E-state index >= 15 is 0 Å². The number of hydrogen-bond acceptors (Lipinski definition) is 4. The third-order valence-corrected chi connectivity index (χ3v) is 3.50. The molecule has 122 valence electrons. The van der Waals surface area contributed by atoms with E-state index < -0.39 is 17.0 Å². The van der Waals surface area contributed by atoms with Gasteiger partial charge in [-0.15, -0.1) is 0 Å². The lowest BCUT2D eigenvalue weighted by atomic mass is 9.85. The minimum absolute atomic E-state index is 0.0785. The first-order valence-corrected chi connectivity index (χ1v) is 7.22. The van der Waals surface area contributed by atoms with Crippen LogP contribution in [0.25, 0.3) is 11.0 Å². The highest BCUT2D eigenvalue weighted by Crippen LogP contribution is 2.26. The van der Waals surface area contributed by atoms with Crippen LogP contribution in [0.1, 0.15) is 32.3 Å². The first kappa shape index (κ1) is 16.7. The second-order valence-electron chi connectivity index (χ2n) is 6.42. The summed E-state index contributed by atoms with van der Waals surface area (Å²) in [6.45, 7) is 5.26. The lowest BCUT2D eigenvalue weighted by molar-refractivity contribution is -0.139. The maximum absolute atomic E-state index is 12.1. The van der Waals surface area contributed by atoms with Crippen LogP contribution in [-0.2, 0) is 9.59 Å². The molecule has 0 fully saturated rings. The van der Waals surface area contributed by atoms with Crippen LogP contribution in [-0.4, -0.2) is 17.0 Å². The molecule has 0 aliphatic rings. The molecule has 0 saturated heterocycles. The Kier molecular flexibility index (Phi) is 4.54. The number of anilines is 1. The topological polar surface area (TPSA) is 96.6 Å². The SMILES string of the molecule is Cc1cc(=O)oc2cc(NC(=O)CC(C)(C)CC(=O)O)ccc12. The fraction of sp³-hybridized carbons (Fsp3) is 0.353. The molecule has 0 bridgehead atoms. The number of rotatable bonds is 5. The summed E-state index contributed by atoms with van der Waals surface area (Å²) in [5, 5.41) is 12.4. The largest absolute Gasteiger partial charge is 0.481 e. The maximum atomic E-state index is 12.1. The number of hydrogen-bond donors (Lipinski definition) is 2. The first-order valence-electron chi connectivity index (χ1n) is 7.22. The number of carbonyl (C=O) groups excluding carboxylic acids is 1. The van der Waals surface area contributed by atoms with Gasteiger partial charge in [0.2, 0.25) is 5.91 Å². The lowest BCUT2D eigenvalue weighted by Crippen LogP contribution is -2.24. The zero-order valence-electron chi connectivity index (χ0n) is 13.3. The van der Waals surface area contributed by atoms with Gasteiger partial charge in [-0.05, 0) is 30.0 Å². The van der Waals surface area contributed by atoms with Gasteiger partial charge in [-0.3, -0.25) is 9.59 Å². The maximum Gasteiger partial charge on any atom is 0.336 e. The minimum Gasteiger partial charge on any atom is -0.481 e. The van der Waals surface area contributed by atoms with Gasteiger partial charge in [-0.1, -0.05) is 13.8 Å². The van der Waals surface area contributed by atoms with Crippen molar-refractivity contribution >= 4 is 28.5 Å². The van der Waals surface area contributed by atoms with Crippen molar-refractivity contribution in [3.63, 3.8) is 0 Å². The molecule has 0 saturated carbocycles. The predicted octanol–water partition coefficient (Wildman–Crippen LogP) is 2.93. The lowest BCUT2D eigenvalue weighted by Gasteiger charge is -2.21. The first-order chi connectivity index (χ1) is 10.7. The van der Waals surface area contributed by atoms with E-state index in [4.69, 9.17) is 9.52 Å². The molecular weight excluding hydrogens is 298 g/mol. The standard InChI is InChI=1S/C17H19NO5/c1-10-6-16(22)23-13-7-11(4-5-12(10)13)18-14(19)8-17(2,3)9-15(20)21/h4-7H,8-9H2,1-3H3,(H,18,19)(H,20,21). The summed E-state index contributed by atoms with van der Waals surface area (Å²) < 4.78 is 5.13. The van der Waals surface area contributed by atoms with Crippen molar-refractivity contribution in [1.29, 1.82) is 0 Å². The Morgan fingerprint density at radius 3 is 2.57 bits per heavy atom. The van der Waals surface area contributed by atoms with E-state index in [1.54, 1.807) is 32.0 Å². The molecule has 23 heavy (non-hydrogen) atoms. The van der Waals surface area contributed by atoms with Gasteiger partial charge in [0.25, 0.3) is 0 Å². The summed E-state index contributed by atoms with van der Waals surface area (Å²) >= 11 is 0. The fourth-order valence-electron chi connectivity index (χ4n) is 2.51. The Morgan fingerprint density at radius 2 is 1.91 bits per heavy atom. The molecule has 1 heterocycles. The molecule has 2 N–H and O–H groups in total. The summed E-state index contributed by atoms with van der Waals surface area (Å²) in [7, 11) is 0. The molecule has 2 aromatic rings. The number of carboxylic acids is 1. The van der Waals surface area contributed by atoms with Crippen LogP contribution in [0, 0.1) is 12.3 Å². The molecule has 0 spiro atoms. The van der Waals surface area contributed by atoms with Gasteiger partial charge in [0.05, 0.1) is 6.42 Å². The van der Waals surface area contributed by atoms with Gasteiger partial charge in [0.1, 0.15) is 5.58 Å². The molecule has 2 rings (SSSR count). The van der Waals surface area contributed by atoms with Crippen LogP contribution >= 0.6 is 0 Å². The Balaban J connectivity index is 2.17. The van der Waals surface area contributed by atoms with E-state index in [0.717, 1.165) is 10.9 Å². The quantitative estimate of drug-likeness (QED) is 0.826. The number of aliphatic carboxylic acids is 1. The third kappa shape index (κ3) is 4.42. The van der Waals surface area contributed by atoms with Gasteiger partial charge in [-0.2, -0.15) is 0 Å². The smallest absolute Gasteiger partial charge is 0.336 e. The van der Waals surface area contributed by atoms with Crippen LogP contribution in [0.15, 0.2) is 33.5 Å². The molecule has 6 heteroatoms. The molecule has 1 aromatic heterocycles. The van der Waals surface area contributed by atoms with Gasteiger partial charge < -0.3 is 14.8 Å². The molecular formula is C17H19NO5. The van der Waals surface area contributed by atoms with Crippen molar-refractivity contribution in [2.45, 2.75) is 33.6 Å². The molecule has 0 aliphatic heterocycles. The van der Waals surface area contributed by atoms with Crippen LogP contribution < -0.4 is 10.9 Å². The number of carboxylic acid groups (broad SMARTS) is 1. The van der Waals surface area contributed by atoms with E-state index in [0.29, 0.717) is 11.3 Å². The third-order valence-electron chi connectivity index (χ3n) is 3.50. The van der Waals surface area contributed by atoms with Crippen molar-refractivity contribution < 1.29 is 19.1 Å². The van der Waals surface area contributed by atoms with E-state index in [1.165, 1.54) is 6.07 Å². The minimum atomic E-state index is -0.939. The number of aryl methyl sites for hydroxylation is 1. The molecule has 1 aromatic carbocycles. The fourth-order valence-corrected chi connectivity index (χ4v) is 2.51. The van der Waals surface area contributed by atoms with Crippen LogP contribution in [0.4, 0.5) is 5.69 Å². The molecule has 1 amide bonds. The Morgan fingerprint density at radius 1 is 1.22 bits per heavy atom. The van der Waals surface area contributed by atoms with E-state index in [9.17, 15) is 14.4 Å². The molecule has 0 atom stereocenters. The van der Waals surface area contributed by atoms with Crippen LogP contribution in [0.3, 0.4) is 0 Å². The highest BCUT2D eigenvalue weighted by molar-refractivity contribution is 5.94. The highest BCUT2D eigenvalue weighted by Gasteiger charge is 2.25. The van der Waals surface area contributed by atoms with Crippen molar-refractivity contribution in [2.75, 3.05) is 5.32 Å². The second-order valence-corrected chi connectivity index (χ2v) is 6.42. The summed E-state index contributed by atoms with van der Waals surface area (Å²) in [5.74, 6) is -1.23. The summed E-state index contributed by atoms with van der Waals surface area (Å²) in [4.78, 5) is 34.3. The molecule has 6 nitrogen and oxygen atoms in total. The number of amides is 1.